The van der Waals surface area contributed by atoms with Gasteiger partial charge in [0.2, 0.25) is 0 Å². The topological polar surface area (TPSA) is 0 Å². The second-order valence-corrected chi connectivity index (χ2v) is 26.3. The van der Waals surface area contributed by atoms with Crippen molar-refractivity contribution in [1.29, 1.82) is 0 Å². The fourth-order valence-electron chi connectivity index (χ4n) is 29.1. The molecule has 0 heteroatoms. The Morgan fingerprint density at radius 1 is 0.236 bits per heavy atom. The van der Waals surface area contributed by atoms with Crippen molar-refractivity contribution < 1.29 is 0 Å². The van der Waals surface area contributed by atoms with Gasteiger partial charge < -0.3 is 0 Å². The monoisotopic (exact) mass is 720 g/mol. The molecule has 20 rings (SSSR count). The Bertz CT molecular complexity index is 2210. The summed E-state index contributed by atoms with van der Waals surface area (Å²) in [5.74, 6) is 38.3. The number of hydrogen-bond acceptors (Lipinski definition) is 0. The summed E-state index contributed by atoms with van der Waals surface area (Å²) in [5, 5.41) is 0. The summed E-state index contributed by atoms with van der Waals surface area (Å²) in [7, 11) is 0. The Morgan fingerprint density at radius 2 is 0.545 bits per heavy atom. The van der Waals surface area contributed by atoms with Crippen molar-refractivity contribution in [2.24, 2.45) is 178 Å². The zero-order chi connectivity index (χ0) is 34.0. The zero-order valence-electron chi connectivity index (χ0n) is 32.6. The molecular formula is C55H60. The molecule has 15 saturated carbocycles. The number of benzene rings is 2. The lowest BCUT2D eigenvalue weighted by molar-refractivity contribution is -0.227. The average Bonchev–Trinajstić information content (AvgIpc) is 4.09. The van der Waals surface area contributed by atoms with Crippen molar-refractivity contribution in [3.05, 3.63) is 70.8 Å². The van der Waals surface area contributed by atoms with Gasteiger partial charge in [0.05, 0.1) is 0 Å². The second-order valence-electron chi connectivity index (χ2n) is 26.3. The van der Waals surface area contributed by atoms with Crippen molar-refractivity contribution >= 4 is 0 Å². The largest absolute Gasteiger partial charge is 0.0620 e. The van der Waals surface area contributed by atoms with Crippen LogP contribution in [0.1, 0.15) is 104 Å². The van der Waals surface area contributed by atoms with E-state index in [1.807, 2.05) is 22.3 Å². The molecule has 18 aliphatic rings. The van der Waals surface area contributed by atoms with Crippen molar-refractivity contribution in [2.75, 3.05) is 0 Å². The van der Waals surface area contributed by atoms with Crippen molar-refractivity contribution in [3.8, 4) is 0 Å². The van der Waals surface area contributed by atoms with Gasteiger partial charge in [0, 0.05) is 0 Å². The van der Waals surface area contributed by atoms with Crippen molar-refractivity contribution in [2.45, 2.75) is 81.5 Å². The molecule has 15 fully saturated rings. The molecular weight excluding hydrogens is 661 g/mol. The van der Waals surface area contributed by atoms with Crippen LogP contribution in [-0.4, -0.2) is 0 Å². The third-order valence-corrected chi connectivity index (χ3v) is 27.5. The van der Waals surface area contributed by atoms with Crippen LogP contribution in [-0.2, 0) is 0 Å². The van der Waals surface area contributed by atoms with E-state index < -0.39 is 0 Å². The molecule has 2 aromatic rings. The first-order chi connectivity index (χ1) is 27.3. The number of fused-ring (bicyclic) bond motifs is 14. The highest BCUT2D eigenvalue weighted by Gasteiger charge is 2.87. The minimum atomic E-state index is 0.937. The molecule has 18 aliphatic carbocycles. The highest BCUT2D eigenvalue weighted by Crippen LogP contribution is 2.92. The molecule has 0 N–H and O–H groups in total. The second kappa shape index (κ2) is 8.28. The van der Waals surface area contributed by atoms with Gasteiger partial charge in [-0.1, -0.05) is 48.5 Å². The third kappa shape index (κ3) is 2.45. The molecule has 0 nitrogen and oxygen atoms in total. The van der Waals surface area contributed by atoms with E-state index >= 15 is 0 Å². The molecule has 280 valence electrons. The SMILES string of the molecule is c1ccc2c(c1)C1CC2C2C3CC4CC5CCC6C7C8CC(c9ccccc98)C8C9CC%10CC%11CC(C12)C1C3C2C4C3C5C6C4C(C9C5C%10C%11C1C2C5C34)C87. The predicted molar refractivity (Wildman–Crippen MR) is 210 cm³/mol. The molecule has 0 radical (unpaired) electrons. The normalized spacial score (nSPS) is 73.2. The fraction of sp³-hybridized carbons (Fsp3) is 0.782. The standard InChI is InChI=1S/C55H60/c1-4-8-25-22(5-1)27-16-30(25)41-33-15-21-12-20-14-32-40-29-17-28(23-6-2-3-7-24(23)29)39(40)31-13-19-11-18-9-10-26-38(27)50(41)52-45(33)48-36(21)35(20)47-43(32)44(31)49-37(19)46-34(18)42(26)51(52)53(46)55(48)54(47)49/h1-8,18-21,26-55H,9-17H2. The maximum Gasteiger partial charge on any atom is -0.0119 e. The molecule has 0 heterocycles. The average molecular weight is 721 g/mol. The summed E-state index contributed by atoms with van der Waals surface area (Å²) >= 11 is 0. The highest BCUT2D eigenvalue weighted by atomic mass is 14.9. The van der Waals surface area contributed by atoms with Gasteiger partial charge in [-0.3, -0.25) is 0 Å². The Morgan fingerprint density at radius 3 is 1.05 bits per heavy atom. The lowest BCUT2D eigenvalue weighted by atomic mass is 9.35. The van der Waals surface area contributed by atoms with Crippen molar-refractivity contribution in [1.82, 2.24) is 0 Å². The Hall–Kier alpha value is -1.56. The molecule has 0 aliphatic heterocycles. The van der Waals surface area contributed by atoms with Crippen LogP contribution in [0.3, 0.4) is 0 Å². The molecule has 34 unspecified atom stereocenters. The van der Waals surface area contributed by atoms with Crippen LogP contribution in [0.5, 0.6) is 0 Å². The van der Waals surface area contributed by atoms with E-state index in [4.69, 9.17) is 0 Å². The molecule has 34 atom stereocenters. The number of hydrogen-bond donors (Lipinski definition) is 0. The van der Waals surface area contributed by atoms with E-state index in [9.17, 15) is 0 Å². The maximum absolute atomic E-state index is 2.70. The molecule has 0 spiro atoms. The van der Waals surface area contributed by atoms with E-state index in [2.05, 4.69) is 48.5 Å². The van der Waals surface area contributed by atoms with Gasteiger partial charge >= 0.3 is 0 Å². The first kappa shape index (κ1) is 28.0. The van der Waals surface area contributed by atoms with Crippen LogP contribution in [0.2, 0.25) is 0 Å². The van der Waals surface area contributed by atoms with Crippen LogP contribution < -0.4 is 0 Å². The summed E-state index contributed by atoms with van der Waals surface area (Å²) in [6.45, 7) is 0. The van der Waals surface area contributed by atoms with Gasteiger partial charge in [-0.2, -0.15) is 0 Å². The van der Waals surface area contributed by atoms with Crippen LogP contribution in [0.4, 0.5) is 0 Å². The van der Waals surface area contributed by atoms with E-state index in [0.29, 0.717) is 0 Å². The first-order valence-electron chi connectivity index (χ1n) is 25.5. The van der Waals surface area contributed by atoms with Crippen LogP contribution in [0.25, 0.3) is 0 Å². The maximum atomic E-state index is 2.70. The Balaban J connectivity index is 0.861. The van der Waals surface area contributed by atoms with Gasteiger partial charge in [-0.25, -0.2) is 0 Å². The first-order valence-corrected chi connectivity index (χ1v) is 25.5. The molecule has 4 bridgehead atoms. The molecule has 2 aromatic carbocycles. The quantitative estimate of drug-likeness (QED) is 0.254. The molecule has 0 aromatic heterocycles. The van der Waals surface area contributed by atoms with Gasteiger partial charge in [0.1, 0.15) is 0 Å². The fourth-order valence-corrected chi connectivity index (χ4v) is 29.1. The predicted octanol–water partition coefficient (Wildman–Crippen LogP) is 11.0. The Kier molecular flexibility index (Phi) is 4.22. The minimum absolute atomic E-state index is 0.937. The van der Waals surface area contributed by atoms with Gasteiger partial charge in [-0.05, 0) is 281 Å². The third-order valence-electron chi connectivity index (χ3n) is 27.5. The zero-order valence-corrected chi connectivity index (χ0v) is 32.6. The van der Waals surface area contributed by atoms with Gasteiger partial charge in [-0.15, -0.1) is 0 Å². The van der Waals surface area contributed by atoms with E-state index in [0.717, 1.165) is 101 Å². The van der Waals surface area contributed by atoms with Crippen molar-refractivity contribution in [3.63, 3.8) is 0 Å². The van der Waals surface area contributed by atoms with Gasteiger partial charge in [0.15, 0.2) is 0 Å². The van der Waals surface area contributed by atoms with E-state index in [-0.39, 0.29) is 0 Å². The van der Waals surface area contributed by atoms with Crippen LogP contribution >= 0.6 is 0 Å². The molecule has 0 amide bonds. The summed E-state index contributed by atoms with van der Waals surface area (Å²) in [6, 6.07) is 20.5. The lowest BCUT2D eigenvalue weighted by Crippen LogP contribution is -2.66. The van der Waals surface area contributed by atoms with Gasteiger partial charge in [0.25, 0.3) is 0 Å². The summed E-state index contributed by atoms with van der Waals surface area (Å²) in [6.07, 6.45) is 15.1. The van der Waals surface area contributed by atoms with Crippen LogP contribution in [0, 0.1) is 178 Å². The summed E-state index contributed by atoms with van der Waals surface area (Å²) in [4.78, 5) is 0. The minimum Gasteiger partial charge on any atom is -0.0620 e. The molecule has 55 heavy (non-hydrogen) atoms. The lowest BCUT2D eigenvalue weighted by Gasteiger charge is -2.69. The van der Waals surface area contributed by atoms with E-state index in [1.54, 1.807) is 57.8 Å². The summed E-state index contributed by atoms with van der Waals surface area (Å²) in [5.41, 5.74) is 7.57. The highest BCUT2D eigenvalue weighted by molar-refractivity contribution is 5.47. The number of rotatable bonds is 0. The summed E-state index contributed by atoms with van der Waals surface area (Å²) < 4.78 is 0. The molecule has 0 saturated heterocycles. The Labute approximate surface area is 328 Å². The smallest absolute Gasteiger partial charge is 0.0119 e. The van der Waals surface area contributed by atoms with E-state index in [1.165, 1.54) is 101 Å². The van der Waals surface area contributed by atoms with Crippen LogP contribution in [0.15, 0.2) is 48.5 Å².